The zero-order valence-corrected chi connectivity index (χ0v) is 7.89. The Balaban J connectivity index is 2.77. The first-order valence-corrected chi connectivity index (χ1v) is 4.18. The molecule has 13 heavy (non-hydrogen) atoms. The number of hydrogen-bond acceptors (Lipinski definition) is 2. The molecule has 0 aliphatic heterocycles. The van der Waals surface area contributed by atoms with Crippen LogP contribution in [-0.4, -0.2) is 17.2 Å². The molecule has 2 atom stereocenters. The molecule has 3 heteroatoms. The molecule has 1 aliphatic carbocycles. The highest BCUT2D eigenvalue weighted by atomic mass is 16.2. The quantitative estimate of drug-likeness (QED) is 0.652. The second-order valence-corrected chi connectivity index (χ2v) is 3.39. The first kappa shape index (κ1) is 9.75. The van der Waals surface area contributed by atoms with Crippen molar-refractivity contribution in [3.8, 4) is 0 Å². The van der Waals surface area contributed by atoms with Gasteiger partial charge in [0.15, 0.2) is 5.78 Å². The Morgan fingerprint density at radius 3 is 2.62 bits per heavy atom. The first-order chi connectivity index (χ1) is 6.03. The fraction of sp³-hybridized carbons (Fsp3) is 0.500. The summed E-state index contributed by atoms with van der Waals surface area (Å²) in [6.45, 7) is 6.35. The van der Waals surface area contributed by atoms with Gasteiger partial charge in [0.1, 0.15) is 5.54 Å². The molecule has 0 unspecified atom stereocenters. The number of ketones is 1. The van der Waals surface area contributed by atoms with Crippen molar-refractivity contribution in [3.63, 3.8) is 0 Å². The van der Waals surface area contributed by atoms with Gasteiger partial charge in [-0.05, 0) is 19.4 Å². The molecule has 1 saturated carbocycles. The number of nitrogens with one attached hydrogen (secondary N) is 1. The Labute approximate surface area is 77.5 Å². The highest BCUT2D eigenvalue weighted by Crippen LogP contribution is 2.44. The summed E-state index contributed by atoms with van der Waals surface area (Å²) in [4.78, 5) is 22.1. The van der Waals surface area contributed by atoms with Crippen LogP contribution in [0.4, 0.5) is 0 Å². The molecule has 1 fully saturated rings. The molecule has 0 spiro atoms. The van der Waals surface area contributed by atoms with Crippen LogP contribution in [0.3, 0.4) is 0 Å². The van der Waals surface area contributed by atoms with Crippen molar-refractivity contribution in [2.75, 3.05) is 0 Å². The lowest BCUT2D eigenvalue weighted by Crippen LogP contribution is -2.42. The fourth-order valence-corrected chi connectivity index (χ4v) is 1.58. The van der Waals surface area contributed by atoms with Crippen molar-refractivity contribution < 1.29 is 9.59 Å². The van der Waals surface area contributed by atoms with Crippen molar-refractivity contribution in [3.05, 3.63) is 18.4 Å². The summed E-state index contributed by atoms with van der Waals surface area (Å²) >= 11 is 0. The topological polar surface area (TPSA) is 46.2 Å². The van der Waals surface area contributed by atoms with E-state index in [9.17, 15) is 9.59 Å². The normalized spacial score (nSPS) is 30.2. The van der Waals surface area contributed by atoms with E-state index in [-0.39, 0.29) is 17.6 Å². The van der Waals surface area contributed by atoms with E-state index in [1.807, 2.05) is 0 Å². The van der Waals surface area contributed by atoms with Gasteiger partial charge in [-0.25, -0.2) is 0 Å². The molecule has 3 nitrogen and oxygen atoms in total. The van der Waals surface area contributed by atoms with Gasteiger partial charge in [0.2, 0.25) is 5.91 Å². The van der Waals surface area contributed by atoms with E-state index < -0.39 is 5.54 Å². The smallest absolute Gasteiger partial charge is 0.217 e. The third-order valence-electron chi connectivity index (χ3n) is 2.36. The SMILES string of the molecule is C=C=C[C@H]1C[C@@]1(NC(C)=O)C(C)=O. The van der Waals surface area contributed by atoms with E-state index in [0.717, 1.165) is 0 Å². The Hall–Kier alpha value is -1.34. The van der Waals surface area contributed by atoms with Gasteiger partial charge in [0.05, 0.1) is 0 Å². The molecular weight excluding hydrogens is 166 g/mol. The molecule has 1 N–H and O–H groups in total. The first-order valence-electron chi connectivity index (χ1n) is 4.18. The molecule has 0 heterocycles. The summed E-state index contributed by atoms with van der Waals surface area (Å²) < 4.78 is 0. The maximum atomic E-state index is 11.3. The monoisotopic (exact) mass is 179 g/mol. The van der Waals surface area contributed by atoms with Crippen molar-refractivity contribution in [2.24, 2.45) is 5.92 Å². The summed E-state index contributed by atoms with van der Waals surface area (Å²) in [6, 6.07) is 0. The summed E-state index contributed by atoms with van der Waals surface area (Å²) in [5.41, 5.74) is 1.98. The third kappa shape index (κ3) is 1.70. The van der Waals surface area contributed by atoms with Crippen LogP contribution in [0.5, 0.6) is 0 Å². The Bertz CT molecular complexity index is 302. The minimum atomic E-state index is -0.656. The average molecular weight is 179 g/mol. The van der Waals surface area contributed by atoms with Crippen LogP contribution >= 0.6 is 0 Å². The highest BCUT2D eigenvalue weighted by Gasteiger charge is 2.57. The number of carbonyl (C=O) groups excluding carboxylic acids is 2. The lowest BCUT2D eigenvalue weighted by molar-refractivity contribution is -0.126. The molecule has 70 valence electrons. The number of amides is 1. The van der Waals surface area contributed by atoms with Gasteiger partial charge in [0.25, 0.3) is 0 Å². The van der Waals surface area contributed by atoms with E-state index >= 15 is 0 Å². The van der Waals surface area contributed by atoms with Crippen LogP contribution in [0.1, 0.15) is 20.3 Å². The largest absolute Gasteiger partial charge is 0.343 e. The maximum absolute atomic E-state index is 11.3. The van der Waals surface area contributed by atoms with Crippen LogP contribution in [0, 0.1) is 5.92 Å². The molecular formula is C10H13NO2. The van der Waals surface area contributed by atoms with Gasteiger partial charge in [-0.3, -0.25) is 9.59 Å². The number of Topliss-reactive ketones (excluding diaryl/α,β-unsaturated/α-hetero) is 1. The standard InChI is InChI=1S/C10H13NO2/c1-4-5-9-6-10(9,7(2)12)11-8(3)13/h5,9H,1,6H2,2-3H3,(H,11,13)/t9-,10+/m0/s1. The summed E-state index contributed by atoms with van der Waals surface area (Å²) in [7, 11) is 0. The zero-order chi connectivity index (χ0) is 10.1. The summed E-state index contributed by atoms with van der Waals surface area (Å²) in [5.74, 6) is -0.0965. The van der Waals surface area contributed by atoms with E-state index in [2.05, 4.69) is 17.6 Å². The zero-order valence-electron chi connectivity index (χ0n) is 7.89. The van der Waals surface area contributed by atoms with E-state index in [0.29, 0.717) is 6.42 Å². The minimum Gasteiger partial charge on any atom is -0.343 e. The molecule has 0 radical (unpaired) electrons. The van der Waals surface area contributed by atoms with Crippen LogP contribution in [-0.2, 0) is 9.59 Å². The molecule has 0 saturated heterocycles. The number of carbonyl (C=O) groups is 2. The van der Waals surface area contributed by atoms with Crippen molar-refractivity contribution in [1.29, 1.82) is 0 Å². The molecule has 1 rings (SSSR count). The van der Waals surface area contributed by atoms with Gasteiger partial charge in [-0.15, -0.1) is 5.73 Å². The van der Waals surface area contributed by atoms with Gasteiger partial charge >= 0.3 is 0 Å². The lowest BCUT2D eigenvalue weighted by atomic mass is 10.1. The lowest BCUT2D eigenvalue weighted by Gasteiger charge is -2.13. The van der Waals surface area contributed by atoms with Gasteiger partial charge in [-0.2, -0.15) is 0 Å². The van der Waals surface area contributed by atoms with Crippen LogP contribution in [0.25, 0.3) is 0 Å². The van der Waals surface area contributed by atoms with Crippen LogP contribution < -0.4 is 5.32 Å². The predicted molar refractivity (Wildman–Crippen MR) is 49.0 cm³/mol. The number of hydrogen-bond donors (Lipinski definition) is 1. The molecule has 1 aliphatic rings. The third-order valence-corrected chi connectivity index (χ3v) is 2.36. The van der Waals surface area contributed by atoms with Gasteiger partial charge in [0, 0.05) is 12.8 Å². The molecule has 0 aromatic carbocycles. The van der Waals surface area contributed by atoms with Crippen LogP contribution in [0.15, 0.2) is 18.4 Å². The maximum Gasteiger partial charge on any atom is 0.217 e. The van der Waals surface area contributed by atoms with Crippen molar-refractivity contribution in [2.45, 2.75) is 25.8 Å². The van der Waals surface area contributed by atoms with Crippen molar-refractivity contribution in [1.82, 2.24) is 5.32 Å². The Morgan fingerprint density at radius 2 is 2.23 bits per heavy atom. The fourth-order valence-electron chi connectivity index (χ4n) is 1.58. The summed E-state index contributed by atoms with van der Waals surface area (Å²) in [5, 5.41) is 2.68. The van der Waals surface area contributed by atoms with E-state index in [4.69, 9.17) is 0 Å². The second-order valence-electron chi connectivity index (χ2n) is 3.39. The highest BCUT2D eigenvalue weighted by molar-refractivity contribution is 5.94. The van der Waals surface area contributed by atoms with Crippen molar-refractivity contribution >= 4 is 11.7 Å². The number of rotatable bonds is 3. The molecule has 0 aromatic rings. The Kier molecular flexibility index (Phi) is 2.39. The molecule has 0 aromatic heterocycles. The Morgan fingerprint density at radius 1 is 1.62 bits per heavy atom. The van der Waals surface area contributed by atoms with E-state index in [1.165, 1.54) is 13.8 Å². The predicted octanol–water partition coefficient (Wildman–Crippen LogP) is 0.811. The van der Waals surface area contributed by atoms with Gasteiger partial charge in [-0.1, -0.05) is 6.58 Å². The molecule has 0 bridgehead atoms. The second kappa shape index (κ2) is 3.19. The summed E-state index contributed by atoms with van der Waals surface area (Å²) in [6.07, 6.45) is 2.40. The minimum absolute atomic E-state index is 0.000741. The van der Waals surface area contributed by atoms with Crippen LogP contribution in [0.2, 0.25) is 0 Å². The molecule has 1 amide bonds. The van der Waals surface area contributed by atoms with Gasteiger partial charge < -0.3 is 5.32 Å². The van der Waals surface area contributed by atoms with E-state index in [1.54, 1.807) is 6.08 Å². The average Bonchev–Trinajstić information content (AvgIpc) is 2.63.